The number of nitrogens with one attached hydrogen (secondary N) is 2. The smallest absolute Gasteiger partial charge is 0.251 e. The molecule has 0 atom stereocenters. The quantitative estimate of drug-likeness (QED) is 0.680. The summed E-state index contributed by atoms with van der Waals surface area (Å²) in [6.07, 6.45) is 0. The van der Waals surface area contributed by atoms with Gasteiger partial charge in [-0.1, -0.05) is 78.9 Å². The lowest BCUT2D eigenvalue weighted by Gasteiger charge is -2.19. The Labute approximate surface area is 159 Å². The molecule has 0 saturated heterocycles. The van der Waals surface area contributed by atoms with Crippen LogP contribution in [0.1, 0.15) is 27.4 Å². The van der Waals surface area contributed by atoms with Gasteiger partial charge < -0.3 is 10.6 Å². The molecule has 0 unspecified atom stereocenters. The summed E-state index contributed by atoms with van der Waals surface area (Å²) in [6, 6.07) is 29.0. The first-order chi connectivity index (χ1) is 13.2. The zero-order chi connectivity index (χ0) is 18.9. The van der Waals surface area contributed by atoms with Crippen molar-refractivity contribution < 1.29 is 9.59 Å². The number of carbonyl (C=O) groups is 2. The zero-order valence-corrected chi connectivity index (χ0v) is 15.0. The number of hydrogen-bond acceptors (Lipinski definition) is 2. The Morgan fingerprint density at radius 1 is 0.667 bits per heavy atom. The van der Waals surface area contributed by atoms with E-state index in [0.717, 1.165) is 11.1 Å². The molecule has 4 heteroatoms. The van der Waals surface area contributed by atoms with E-state index in [4.69, 9.17) is 0 Å². The van der Waals surface area contributed by atoms with Crippen LogP contribution in [0.2, 0.25) is 0 Å². The van der Waals surface area contributed by atoms with Crippen molar-refractivity contribution in [3.63, 3.8) is 0 Å². The Bertz CT molecular complexity index is 825. The molecular weight excluding hydrogens is 336 g/mol. The normalized spacial score (nSPS) is 10.4. The first-order valence-electron chi connectivity index (χ1n) is 8.94. The summed E-state index contributed by atoms with van der Waals surface area (Å²) in [5.41, 5.74) is 2.81. The van der Waals surface area contributed by atoms with E-state index in [1.807, 2.05) is 42.5 Å². The van der Waals surface area contributed by atoms with Gasteiger partial charge in [-0.15, -0.1) is 0 Å². The molecule has 3 aromatic carbocycles. The summed E-state index contributed by atoms with van der Waals surface area (Å²) >= 11 is 0. The lowest BCUT2D eigenvalue weighted by Crippen LogP contribution is -2.38. The fourth-order valence-electron chi connectivity index (χ4n) is 2.93. The molecule has 3 rings (SSSR count). The first-order valence-corrected chi connectivity index (χ1v) is 8.94. The van der Waals surface area contributed by atoms with Crippen LogP contribution in [0.25, 0.3) is 0 Å². The number of benzene rings is 3. The van der Waals surface area contributed by atoms with Crippen molar-refractivity contribution in [2.75, 3.05) is 13.1 Å². The average Bonchev–Trinajstić information content (AvgIpc) is 2.74. The van der Waals surface area contributed by atoms with E-state index in [1.165, 1.54) is 0 Å². The molecule has 0 fully saturated rings. The third-order valence-corrected chi connectivity index (χ3v) is 4.35. The van der Waals surface area contributed by atoms with Crippen LogP contribution in [0.3, 0.4) is 0 Å². The lowest BCUT2D eigenvalue weighted by atomic mass is 9.91. The second-order valence-corrected chi connectivity index (χ2v) is 6.23. The number of hydrogen-bond donors (Lipinski definition) is 2. The van der Waals surface area contributed by atoms with Crippen LogP contribution in [0, 0.1) is 0 Å². The highest BCUT2D eigenvalue weighted by molar-refractivity contribution is 5.96. The van der Waals surface area contributed by atoms with Crippen molar-refractivity contribution >= 4 is 11.8 Å². The third-order valence-electron chi connectivity index (χ3n) is 4.35. The first kappa shape index (κ1) is 18.4. The summed E-state index contributed by atoms with van der Waals surface area (Å²) in [5, 5.41) is 5.58. The van der Waals surface area contributed by atoms with Crippen molar-refractivity contribution in [2.24, 2.45) is 0 Å². The Hall–Kier alpha value is -3.40. The van der Waals surface area contributed by atoms with Crippen LogP contribution < -0.4 is 10.6 Å². The minimum Gasteiger partial charge on any atom is -0.354 e. The highest BCUT2D eigenvalue weighted by atomic mass is 16.2. The van der Waals surface area contributed by atoms with Gasteiger partial charge in [0.1, 0.15) is 0 Å². The van der Waals surface area contributed by atoms with Crippen LogP contribution in [-0.4, -0.2) is 24.9 Å². The van der Waals surface area contributed by atoms with Gasteiger partial charge in [0.25, 0.3) is 5.91 Å². The molecule has 136 valence electrons. The van der Waals surface area contributed by atoms with Gasteiger partial charge in [-0.05, 0) is 23.3 Å². The summed E-state index contributed by atoms with van der Waals surface area (Å²) in [6.45, 7) is 0.415. The van der Waals surface area contributed by atoms with Crippen molar-refractivity contribution in [3.8, 4) is 0 Å². The molecule has 0 radical (unpaired) electrons. The van der Waals surface area contributed by atoms with Gasteiger partial charge in [0.05, 0.1) is 6.54 Å². The molecule has 3 aromatic rings. The van der Waals surface area contributed by atoms with Crippen LogP contribution in [0.5, 0.6) is 0 Å². The fraction of sp³-hybridized carbons (Fsp3) is 0.130. The molecule has 0 saturated carbocycles. The Balaban J connectivity index is 1.59. The van der Waals surface area contributed by atoms with Gasteiger partial charge in [-0.2, -0.15) is 0 Å². The molecule has 0 aliphatic carbocycles. The van der Waals surface area contributed by atoms with Crippen molar-refractivity contribution in [3.05, 3.63) is 108 Å². The Kier molecular flexibility index (Phi) is 6.36. The Morgan fingerprint density at radius 3 is 1.67 bits per heavy atom. The summed E-state index contributed by atoms with van der Waals surface area (Å²) in [5.74, 6) is -0.411. The molecule has 2 amide bonds. The summed E-state index contributed by atoms with van der Waals surface area (Å²) in [7, 11) is 0. The van der Waals surface area contributed by atoms with Gasteiger partial charge in [-0.25, -0.2) is 0 Å². The molecule has 0 heterocycles. The molecule has 0 spiro atoms. The van der Waals surface area contributed by atoms with Crippen molar-refractivity contribution in [2.45, 2.75) is 5.92 Å². The predicted molar refractivity (Wildman–Crippen MR) is 107 cm³/mol. The summed E-state index contributed by atoms with van der Waals surface area (Å²) < 4.78 is 0. The van der Waals surface area contributed by atoms with E-state index in [9.17, 15) is 9.59 Å². The van der Waals surface area contributed by atoms with Crippen molar-refractivity contribution in [1.29, 1.82) is 0 Å². The molecule has 2 N–H and O–H groups in total. The minimum atomic E-state index is -0.256. The third kappa shape index (κ3) is 5.28. The fourth-order valence-corrected chi connectivity index (χ4v) is 2.93. The van der Waals surface area contributed by atoms with Gasteiger partial charge in [0.2, 0.25) is 5.91 Å². The highest BCUT2D eigenvalue weighted by Gasteiger charge is 2.15. The maximum absolute atomic E-state index is 12.2. The lowest BCUT2D eigenvalue weighted by molar-refractivity contribution is -0.120. The van der Waals surface area contributed by atoms with Crippen LogP contribution in [0.15, 0.2) is 91.0 Å². The van der Waals surface area contributed by atoms with Gasteiger partial charge in [0, 0.05) is 18.0 Å². The van der Waals surface area contributed by atoms with Gasteiger partial charge in [0.15, 0.2) is 0 Å². The number of carbonyl (C=O) groups excluding carboxylic acids is 2. The molecule has 27 heavy (non-hydrogen) atoms. The Morgan fingerprint density at radius 2 is 1.15 bits per heavy atom. The number of amides is 2. The molecule has 0 aliphatic rings. The van der Waals surface area contributed by atoms with Crippen LogP contribution >= 0.6 is 0 Å². The molecule has 0 aromatic heterocycles. The zero-order valence-electron chi connectivity index (χ0n) is 15.0. The van der Waals surface area contributed by atoms with Crippen LogP contribution in [-0.2, 0) is 4.79 Å². The topological polar surface area (TPSA) is 58.2 Å². The SMILES string of the molecule is O=C(CNC(=O)c1ccccc1)NCC(c1ccccc1)c1ccccc1. The maximum atomic E-state index is 12.2. The second kappa shape index (κ2) is 9.34. The molecule has 4 nitrogen and oxygen atoms in total. The average molecular weight is 358 g/mol. The standard InChI is InChI=1S/C23H22N2O2/c26-22(17-25-23(27)20-14-8-3-9-15-20)24-16-21(18-10-4-1-5-11-18)19-12-6-2-7-13-19/h1-15,21H,16-17H2,(H,24,26)(H,25,27). The molecule has 0 bridgehead atoms. The monoisotopic (exact) mass is 358 g/mol. The van der Waals surface area contributed by atoms with E-state index in [0.29, 0.717) is 12.1 Å². The van der Waals surface area contributed by atoms with Gasteiger partial charge in [-0.3, -0.25) is 9.59 Å². The van der Waals surface area contributed by atoms with E-state index in [1.54, 1.807) is 24.3 Å². The van der Waals surface area contributed by atoms with Crippen molar-refractivity contribution in [1.82, 2.24) is 10.6 Å². The molecule has 0 aliphatic heterocycles. The summed E-state index contributed by atoms with van der Waals surface area (Å²) in [4.78, 5) is 24.3. The van der Waals surface area contributed by atoms with E-state index < -0.39 is 0 Å². The number of rotatable bonds is 7. The van der Waals surface area contributed by atoms with E-state index in [2.05, 4.69) is 34.9 Å². The second-order valence-electron chi connectivity index (χ2n) is 6.23. The van der Waals surface area contributed by atoms with Crippen LogP contribution in [0.4, 0.5) is 0 Å². The largest absolute Gasteiger partial charge is 0.354 e. The van der Waals surface area contributed by atoms with E-state index >= 15 is 0 Å². The predicted octanol–water partition coefficient (Wildman–Crippen LogP) is 3.36. The minimum absolute atomic E-state index is 0.0516. The highest BCUT2D eigenvalue weighted by Crippen LogP contribution is 2.23. The van der Waals surface area contributed by atoms with E-state index in [-0.39, 0.29) is 24.3 Å². The maximum Gasteiger partial charge on any atom is 0.251 e. The molecular formula is C23H22N2O2. The van der Waals surface area contributed by atoms with Gasteiger partial charge >= 0.3 is 0 Å².